The van der Waals surface area contributed by atoms with E-state index in [-0.39, 0.29) is 34.7 Å². The molecule has 1 aromatic carbocycles. The maximum atomic E-state index is 12.1. The number of aryl methyl sites for hydroxylation is 1. The van der Waals surface area contributed by atoms with Crippen LogP contribution in [0.2, 0.25) is 0 Å². The number of hydrogen-bond donors (Lipinski definition) is 1. The second kappa shape index (κ2) is 6.92. The van der Waals surface area contributed by atoms with Gasteiger partial charge in [0.2, 0.25) is 5.88 Å². The fourth-order valence-electron chi connectivity index (χ4n) is 2.32. The van der Waals surface area contributed by atoms with Crippen LogP contribution < -0.4 is 5.56 Å². The van der Waals surface area contributed by atoms with E-state index in [2.05, 4.69) is 10.2 Å². The van der Waals surface area contributed by atoms with Crippen LogP contribution in [0, 0.1) is 35.3 Å². The Morgan fingerprint density at radius 2 is 2.04 bits per heavy atom. The first-order chi connectivity index (χ1) is 11.8. The molecule has 128 valence electrons. The monoisotopic (exact) mass is 341 g/mol. The lowest BCUT2D eigenvalue weighted by Crippen LogP contribution is -2.23. The minimum absolute atomic E-state index is 0.00200. The first-order valence-corrected chi connectivity index (χ1v) is 7.35. The smallest absolute Gasteiger partial charge is 0.296 e. The zero-order valence-electron chi connectivity index (χ0n) is 13.8. The molecule has 0 aliphatic rings. The number of nitrogens with zero attached hydrogens (tertiary/aromatic N) is 5. The summed E-state index contributed by atoms with van der Waals surface area (Å²) in [5.74, 6) is -0.442. The number of aromatic hydroxyl groups is 1. The highest BCUT2D eigenvalue weighted by Gasteiger charge is 2.19. The van der Waals surface area contributed by atoms with Gasteiger partial charge < -0.3 is 5.11 Å². The zero-order valence-corrected chi connectivity index (χ0v) is 13.8. The van der Waals surface area contributed by atoms with Crippen LogP contribution in [0.4, 0.5) is 17.1 Å². The Morgan fingerprint density at radius 3 is 2.60 bits per heavy atom. The maximum absolute atomic E-state index is 12.1. The van der Waals surface area contributed by atoms with Gasteiger partial charge in [0.1, 0.15) is 11.6 Å². The predicted molar refractivity (Wildman–Crippen MR) is 89.5 cm³/mol. The lowest BCUT2D eigenvalue weighted by molar-refractivity contribution is -0.384. The lowest BCUT2D eigenvalue weighted by atomic mass is 10.1. The molecule has 0 saturated carbocycles. The van der Waals surface area contributed by atoms with Crippen molar-refractivity contribution in [3.05, 3.63) is 55.4 Å². The highest BCUT2D eigenvalue weighted by Crippen LogP contribution is 2.34. The summed E-state index contributed by atoms with van der Waals surface area (Å²) in [5, 5.41) is 38.2. The standard InChI is InChI=1S/C16H15N5O4/c1-4-20-15(22)11(8-17)10(3)14(16(20)23)19-18-12-6-5-9(2)7-13(12)21(24)25/h5-7,23H,4H2,1-3H3/b19-18+. The first kappa shape index (κ1) is 17.8. The van der Waals surface area contributed by atoms with Crippen LogP contribution >= 0.6 is 0 Å². The Morgan fingerprint density at radius 1 is 1.36 bits per heavy atom. The van der Waals surface area contributed by atoms with Crippen LogP contribution in [-0.4, -0.2) is 14.6 Å². The number of benzene rings is 1. The van der Waals surface area contributed by atoms with Gasteiger partial charge >= 0.3 is 0 Å². The number of azo groups is 1. The molecule has 0 aliphatic carbocycles. The van der Waals surface area contributed by atoms with Gasteiger partial charge in [0.15, 0.2) is 11.4 Å². The number of aromatic nitrogens is 1. The number of hydrogen-bond acceptors (Lipinski definition) is 7. The van der Waals surface area contributed by atoms with Gasteiger partial charge in [0.05, 0.1) is 4.92 Å². The number of nitro groups is 1. The van der Waals surface area contributed by atoms with E-state index < -0.39 is 16.4 Å². The molecule has 25 heavy (non-hydrogen) atoms. The molecule has 0 amide bonds. The third kappa shape index (κ3) is 3.23. The van der Waals surface area contributed by atoms with Crippen molar-refractivity contribution in [2.24, 2.45) is 10.2 Å². The molecule has 2 rings (SSSR count). The Kier molecular flexibility index (Phi) is 4.93. The summed E-state index contributed by atoms with van der Waals surface area (Å²) in [5.41, 5.74) is -0.239. The third-order valence-electron chi connectivity index (χ3n) is 3.67. The average Bonchev–Trinajstić information content (AvgIpc) is 2.56. The van der Waals surface area contributed by atoms with Crippen molar-refractivity contribution in [3.8, 4) is 11.9 Å². The normalized spacial score (nSPS) is 10.8. The Bertz CT molecular complexity index is 985. The minimum atomic E-state index is -0.625. The second-order valence-electron chi connectivity index (χ2n) is 5.28. The van der Waals surface area contributed by atoms with E-state index in [0.717, 1.165) is 4.57 Å². The molecule has 1 heterocycles. The van der Waals surface area contributed by atoms with Gasteiger partial charge in [-0.05, 0) is 32.4 Å². The van der Waals surface area contributed by atoms with Gasteiger partial charge in [-0.1, -0.05) is 6.07 Å². The second-order valence-corrected chi connectivity index (χ2v) is 5.28. The van der Waals surface area contributed by atoms with E-state index in [9.17, 15) is 20.0 Å². The van der Waals surface area contributed by atoms with E-state index in [4.69, 9.17) is 5.26 Å². The summed E-state index contributed by atoms with van der Waals surface area (Å²) in [7, 11) is 0. The van der Waals surface area contributed by atoms with Gasteiger partial charge in [-0.2, -0.15) is 5.26 Å². The Hall–Kier alpha value is -3.54. The molecule has 0 fully saturated rings. The van der Waals surface area contributed by atoms with Gasteiger partial charge in [0, 0.05) is 18.2 Å². The maximum Gasteiger partial charge on any atom is 0.296 e. The number of nitriles is 1. The molecule has 2 aromatic rings. The summed E-state index contributed by atoms with van der Waals surface area (Å²) >= 11 is 0. The van der Waals surface area contributed by atoms with E-state index in [1.54, 1.807) is 26.0 Å². The molecule has 0 bridgehead atoms. The number of nitro benzene ring substituents is 1. The largest absolute Gasteiger partial charge is 0.493 e. The van der Waals surface area contributed by atoms with Gasteiger partial charge in [-0.3, -0.25) is 19.5 Å². The number of pyridine rings is 1. The van der Waals surface area contributed by atoms with E-state index in [1.807, 2.05) is 0 Å². The zero-order chi connectivity index (χ0) is 18.7. The molecule has 9 heteroatoms. The summed E-state index contributed by atoms with van der Waals surface area (Å²) < 4.78 is 0.990. The Balaban J connectivity index is 2.66. The summed E-state index contributed by atoms with van der Waals surface area (Å²) in [6.07, 6.45) is 0. The molecule has 0 aliphatic heterocycles. The van der Waals surface area contributed by atoms with Crippen molar-refractivity contribution in [1.29, 1.82) is 5.26 Å². The molecule has 0 atom stereocenters. The van der Waals surface area contributed by atoms with Crippen LogP contribution in [0.3, 0.4) is 0 Å². The fraction of sp³-hybridized carbons (Fsp3) is 0.250. The van der Waals surface area contributed by atoms with Crippen molar-refractivity contribution >= 4 is 17.1 Å². The van der Waals surface area contributed by atoms with Crippen LogP contribution in [0.5, 0.6) is 5.88 Å². The summed E-state index contributed by atoms with van der Waals surface area (Å²) in [4.78, 5) is 22.6. The van der Waals surface area contributed by atoms with Gasteiger partial charge in [0.25, 0.3) is 11.2 Å². The third-order valence-corrected chi connectivity index (χ3v) is 3.67. The summed E-state index contributed by atoms with van der Waals surface area (Å²) in [6.45, 7) is 4.92. The molecule has 0 saturated heterocycles. The molecule has 1 N–H and O–H groups in total. The van der Waals surface area contributed by atoms with Crippen molar-refractivity contribution < 1.29 is 10.0 Å². The van der Waals surface area contributed by atoms with E-state index in [0.29, 0.717) is 5.56 Å². The quantitative estimate of drug-likeness (QED) is 0.517. The Labute approximate surface area is 142 Å². The van der Waals surface area contributed by atoms with Crippen molar-refractivity contribution in [1.82, 2.24) is 4.57 Å². The molecule has 0 radical (unpaired) electrons. The SMILES string of the molecule is CCn1c(O)c(/N=N/c2ccc(C)cc2[N+](=O)[O-])c(C)c(C#N)c1=O. The van der Waals surface area contributed by atoms with Crippen LogP contribution in [0.1, 0.15) is 23.6 Å². The molecule has 1 aromatic heterocycles. The van der Waals surface area contributed by atoms with Crippen molar-refractivity contribution in [3.63, 3.8) is 0 Å². The number of rotatable bonds is 4. The summed E-state index contributed by atoms with van der Waals surface area (Å²) in [6, 6.07) is 6.22. The highest BCUT2D eigenvalue weighted by molar-refractivity contribution is 5.61. The van der Waals surface area contributed by atoms with E-state index in [1.165, 1.54) is 19.1 Å². The van der Waals surface area contributed by atoms with Crippen LogP contribution in [0.25, 0.3) is 0 Å². The highest BCUT2D eigenvalue weighted by atomic mass is 16.6. The van der Waals surface area contributed by atoms with Gasteiger partial charge in [-0.15, -0.1) is 10.2 Å². The van der Waals surface area contributed by atoms with Crippen LogP contribution in [0.15, 0.2) is 33.2 Å². The fourth-order valence-corrected chi connectivity index (χ4v) is 2.32. The molecular weight excluding hydrogens is 326 g/mol. The van der Waals surface area contributed by atoms with Crippen molar-refractivity contribution in [2.45, 2.75) is 27.3 Å². The first-order valence-electron chi connectivity index (χ1n) is 7.35. The van der Waals surface area contributed by atoms with Gasteiger partial charge in [-0.25, -0.2) is 0 Å². The van der Waals surface area contributed by atoms with Crippen LogP contribution in [-0.2, 0) is 6.54 Å². The molecule has 0 unspecified atom stereocenters. The van der Waals surface area contributed by atoms with E-state index >= 15 is 0 Å². The van der Waals surface area contributed by atoms with Crippen molar-refractivity contribution in [2.75, 3.05) is 0 Å². The topological polar surface area (TPSA) is 134 Å². The molecule has 0 spiro atoms. The molecular formula is C16H15N5O4. The minimum Gasteiger partial charge on any atom is -0.493 e. The molecule has 9 nitrogen and oxygen atoms in total. The predicted octanol–water partition coefficient (Wildman–Crippen LogP) is 3.39. The average molecular weight is 341 g/mol. The lowest BCUT2D eigenvalue weighted by Gasteiger charge is -2.11.